The molecule has 0 bridgehead atoms. The summed E-state index contributed by atoms with van der Waals surface area (Å²) in [6.07, 6.45) is 0. The van der Waals surface area contributed by atoms with Gasteiger partial charge in [-0.25, -0.2) is 9.97 Å². The molecule has 0 aliphatic rings. The molecule has 24 heavy (non-hydrogen) atoms. The Labute approximate surface area is 150 Å². The molecule has 4 nitrogen and oxygen atoms in total. The van der Waals surface area contributed by atoms with Crippen LogP contribution in [0.4, 0.5) is 17.3 Å². The van der Waals surface area contributed by atoms with Gasteiger partial charge in [0.15, 0.2) is 0 Å². The van der Waals surface area contributed by atoms with Crippen molar-refractivity contribution in [3.05, 3.63) is 76.0 Å². The summed E-state index contributed by atoms with van der Waals surface area (Å²) in [5, 5.41) is 7.67. The van der Waals surface area contributed by atoms with E-state index in [0.717, 1.165) is 5.82 Å². The lowest BCUT2D eigenvalue weighted by atomic mass is 10.2. The summed E-state index contributed by atoms with van der Waals surface area (Å²) in [5.41, 5.74) is 1.89. The maximum absolute atomic E-state index is 6.19. The summed E-state index contributed by atoms with van der Waals surface area (Å²) in [5.74, 6) is 2.06. The first-order chi connectivity index (χ1) is 11.6. The van der Waals surface area contributed by atoms with Crippen LogP contribution in [0.15, 0.2) is 54.6 Å². The molecule has 1 aromatic heterocycles. The van der Waals surface area contributed by atoms with Crippen molar-refractivity contribution in [2.75, 3.05) is 10.6 Å². The van der Waals surface area contributed by atoms with Crippen LogP contribution in [0.5, 0.6) is 0 Å². The topological polar surface area (TPSA) is 49.8 Å². The molecule has 0 unspecified atom stereocenters. The first-order valence-corrected chi connectivity index (χ1v) is 8.21. The highest BCUT2D eigenvalue weighted by Gasteiger charge is 2.06. The average Bonchev–Trinajstić information content (AvgIpc) is 2.57. The van der Waals surface area contributed by atoms with Crippen LogP contribution in [0.3, 0.4) is 0 Å². The predicted molar refractivity (Wildman–Crippen MR) is 100 cm³/mol. The summed E-state index contributed by atoms with van der Waals surface area (Å²) in [6, 6.07) is 17.2. The average molecular weight is 359 g/mol. The minimum absolute atomic E-state index is 0.578. The zero-order valence-electron chi connectivity index (χ0n) is 13.1. The Balaban J connectivity index is 1.77. The molecule has 122 valence electrons. The van der Waals surface area contributed by atoms with Gasteiger partial charge in [0, 0.05) is 17.6 Å². The van der Waals surface area contributed by atoms with Gasteiger partial charge in [-0.05, 0) is 30.7 Å². The Morgan fingerprint density at radius 2 is 1.67 bits per heavy atom. The number of nitrogens with zero attached hydrogens (tertiary/aromatic N) is 2. The number of halogens is 2. The molecule has 1 heterocycles. The van der Waals surface area contributed by atoms with Gasteiger partial charge in [-0.15, -0.1) is 0 Å². The number of nitrogens with one attached hydrogen (secondary N) is 2. The summed E-state index contributed by atoms with van der Waals surface area (Å²) < 4.78 is 0. The van der Waals surface area contributed by atoms with Gasteiger partial charge in [-0.1, -0.05) is 53.5 Å². The van der Waals surface area contributed by atoms with Crippen molar-refractivity contribution in [3.8, 4) is 0 Å². The van der Waals surface area contributed by atoms with E-state index in [1.807, 2.05) is 31.2 Å². The highest BCUT2D eigenvalue weighted by molar-refractivity contribution is 6.35. The van der Waals surface area contributed by atoms with Crippen LogP contribution < -0.4 is 10.6 Å². The Morgan fingerprint density at radius 1 is 0.917 bits per heavy atom. The smallest absolute Gasteiger partial charge is 0.136 e. The van der Waals surface area contributed by atoms with E-state index < -0.39 is 0 Å². The molecule has 0 amide bonds. The number of aromatic nitrogens is 2. The van der Waals surface area contributed by atoms with Gasteiger partial charge < -0.3 is 10.6 Å². The fourth-order valence-corrected chi connectivity index (χ4v) is 2.58. The first kappa shape index (κ1) is 16.6. The molecular formula is C18H16Cl2N4. The molecule has 0 spiro atoms. The monoisotopic (exact) mass is 358 g/mol. The van der Waals surface area contributed by atoms with Gasteiger partial charge in [0.05, 0.1) is 10.7 Å². The highest BCUT2D eigenvalue weighted by atomic mass is 35.5. The van der Waals surface area contributed by atoms with Gasteiger partial charge in [-0.3, -0.25) is 0 Å². The fraction of sp³-hybridized carbons (Fsp3) is 0.111. The predicted octanol–water partition coefficient (Wildman–Crippen LogP) is 5.45. The van der Waals surface area contributed by atoms with Crippen molar-refractivity contribution in [1.82, 2.24) is 9.97 Å². The zero-order chi connectivity index (χ0) is 16.9. The molecule has 0 saturated heterocycles. The van der Waals surface area contributed by atoms with Crippen LogP contribution in [-0.2, 0) is 6.54 Å². The first-order valence-electron chi connectivity index (χ1n) is 7.46. The molecule has 3 aromatic rings. The van der Waals surface area contributed by atoms with Gasteiger partial charge in [0.1, 0.15) is 17.5 Å². The van der Waals surface area contributed by atoms with E-state index in [2.05, 4.69) is 32.7 Å². The molecule has 0 radical (unpaired) electrons. The van der Waals surface area contributed by atoms with Crippen LogP contribution in [0.1, 0.15) is 11.4 Å². The summed E-state index contributed by atoms with van der Waals surface area (Å²) in [4.78, 5) is 8.80. The van der Waals surface area contributed by atoms with Crippen molar-refractivity contribution < 1.29 is 0 Å². The molecule has 0 atom stereocenters. The van der Waals surface area contributed by atoms with Gasteiger partial charge in [0.25, 0.3) is 0 Å². The third kappa shape index (κ3) is 4.37. The second-order valence-corrected chi connectivity index (χ2v) is 6.12. The quantitative estimate of drug-likeness (QED) is 0.636. The Bertz CT molecular complexity index is 838. The molecule has 6 heteroatoms. The van der Waals surface area contributed by atoms with E-state index in [0.29, 0.717) is 33.9 Å². The summed E-state index contributed by atoms with van der Waals surface area (Å²) in [7, 11) is 0. The number of aryl methyl sites for hydroxylation is 1. The standard InChI is InChI=1S/C18H16Cl2N4/c1-12-22-17(21-11-13-5-3-2-4-6-13)10-18(23-12)24-16-9-14(19)7-8-15(16)20/h2-10H,11H2,1H3,(H2,21,22,23,24). The van der Waals surface area contributed by atoms with Crippen molar-refractivity contribution in [2.45, 2.75) is 13.5 Å². The van der Waals surface area contributed by atoms with Crippen LogP contribution >= 0.6 is 23.2 Å². The molecular weight excluding hydrogens is 343 g/mol. The van der Waals surface area contributed by atoms with E-state index in [-0.39, 0.29) is 0 Å². The lowest BCUT2D eigenvalue weighted by Crippen LogP contribution is -2.05. The largest absolute Gasteiger partial charge is 0.366 e. The number of anilines is 3. The van der Waals surface area contributed by atoms with Gasteiger partial charge in [-0.2, -0.15) is 0 Å². The fourth-order valence-electron chi connectivity index (χ4n) is 2.24. The van der Waals surface area contributed by atoms with Crippen LogP contribution in [0.2, 0.25) is 10.0 Å². The van der Waals surface area contributed by atoms with Crippen LogP contribution in [0.25, 0.3) is 0 Å². The zero-order valence-corrected chi connectivity index (χ0v) is 14.6. The number of benzene rings is 2. The number of rotatable bonds is 5. The van der Waals surface area contributed by atoms with Crippen molar-refractivity contribution >= 4 is 40.5 Å². The maximum atomic E-state index is 6.19. The third-order valence-corrected chi connectivity index (χ3v) is 3.91. The SMILES string of the molecule is Cc1nc(NCc2ccccc2)cc(Nc2cc(Cl)ccc2Cl)n1. The molecule has 3 rings (SSSR count). The molecule has 0 aliphatic heterocycles. The molecule has 2 aromatic carbocycles. The number of hydrogen-bond donors (Lipinski definition) is 2. The molecule has 0 aliphatic carbocycles. The summed E-state index contributed by atoms with van der Waals surface area (Å²) >= 11 is 12.2. The van der Waals surface area contributed by atoms with Gasteiger partial charge >= 0.3 is 0 Å². The van der Waals surface area contributed by atoms with E-state index in [1.165, 1.54) is 5.56 Å². The Morgan fingerprint density at radius 3 is 2.46 bits per heavy atom. The Kier molecular flexibility index (Phi) is 5.18. The van der Waals surface area contributed by atoms with E-state index in [9.17, 15) is 0 Å². The van der Waals surface area contributed by atoms with E-state index >= 15 is 0 Å². The van der Waals surface area contributed by atoms with Crippen molar-refractivity contribution in [1.29, 1.82) is 0 Å². The van der Waals surface area contributed by atoms with Gasteiger partial charge in [0.2, 0.25) is 0 Å². The second-order valence-electron chi connectivity index (χ2n) is 5.27. The van der Waals surface area contributed by atoms with E-state index in [1.54, 1.807) is 18.2 Å². The van der Waals surface area contributed by atoms with Crippen molar-refractivity contribution in [2.24, 2.45) is 0 Å². The minimum Gasteiger partial charge on any atom is -0.366 e. The normalized spacial score (nSPS) is 10.5. The second kappa shape index (κ2) is 7.51. The van der Waals surface area contributed by atoms with Crippen LogP contribution in [-0.4, -0.2) is 9.97 Å². The highest BCUT2D eigenvalue weighted by Crippen LogP contribution is 2.28. The third-order valence-electron chi connectivity index (χ3n) is 3.35. The van der Waals surface area contributed by atoms with Crippen molar-refractivity contribution in [3.63, 3.8) is 0 Å². The minimum atomic E-state index is 0.578. The molecule has 2 N–H and O–H groups in total. The Hall–Kier alpha value is -2.30. The molecule has 0 saturated carbocycles. The number of hydrogen-bond acceptors (Lipinski definition) is 4. The lowest BCUT2D eigenvalue weighted by Gasteiger charge is -2.11. The van der Waals surface area contributed by atoms with E-state index in [4.69, 9.17) is 23.2 Å². The lowest BCUT2D eigenvalue weighted by molar-refractivity contribution is 1.03. The molecule has 0 fully saturated rings. The van der Waals surface area contributed by atoms with Crippen LogP contribution in [0, 0.1) is 6.92 Å². The maximum Gasteiger partial charge on any atom is 0.136 e. The summed E-state index contributed by atoms with van der Waals surface area (Å²) in [6.45, 7) is 2.53.